The molecule has 0 radical (unpaired) electrons. The fourth-order valence-corrected chi connectivity index (χ4v) is 3.95. The van der Waals surface area contributed by atoms with Crippen LogP contribution in [-0.4, -0.2) is 43.5 Å². The topological polar surface area (TPSA) is 67.9 Å². The summed E-state index contributed by atoms with van der Waals surface area (Å²) in [5.74, 6) is 1.42. The highest BCUT2D eigenvalue weighted by molar-refractivity contribution is 5.96. The fourth-order valence-electron chi connectivity index (χ4n) is 3.95. The van der Waals surface area contributed by atoms with Gasteiger partial charge in [0.2, 0.25) is 0 Å². The third kappa shape index (κ3) is 5.32. The number of nitrogens with zero attached hydrogens (tertiary/aromatic N) is 1. The van der Waals surface area contributed by atoms with Gasteiger partial charge in [-0.2, -0.15) is 0 Å². The van der Waals surface area contributed by atoms with Crippen molar-refractivity contribution in [2.45, 2.75) is 45.1 Å². The molecule has 1 fully saturated rings. The molecule has 1 unspecified atom stereocenters. The number of nitrogens with one attached hydrogen (secondary N) is 1. The van der Waals surface area contributed by atoms with E-state index in [1.165, 1.54) is 6.92 Å². The van der Waals surface area contributed by atoms with E-state index < -0.39 is 0 Å². The largest absolute Gasteiger partial charge is 0.493 e. The van der Waals surface area contributed by atoms with Crippen LogP contribution >= 0.6 is 0 Å². The van der Waals surface area contributed by atoms with E-state index in [0.717, 1.165) is 50.0 Å². The number of methoxy groups -OCH3 is 2. The number of carbonyl (C=O) groups excluding carboxylic acids is 2. The fraction of sp³-hybridized carbons (Fsp3) is 0.417. The molecule has 1 atom stereocenters. The average Bonchev–Trinajstić information content (AvgIpc) is 2.77. The lowest BCUT2D eigenvalue weighted by atomic mass is 9.96. The van der Waals surface area contributed by atoms with Crippen LogP contribution in [0.2, 0.25) is 0 Å². The number of carbonyl (C=O) groups is 2. The van der Waals surface area contributed by atoms with Gasteiger partial charge in [0.1, 0.15) is 0 Å². The molecular weight excluding hydrogens is 380 g/mol. The number of ketones is 1. The summed E-state index contributed by atoms with van der Waals surface area (Å²) >= 11 is 0. The van der Waals surface area contributed by atoms with Crippen molar-refractivity contribution in [3.63, 3.8) is 0 Å². The summed E-state index contributed by atoms with van der Waals surface area (Å²) in [6.45, 7) is 2.27. The van der Waals surface area contributed by atoms with E-state index in [1.807, 2.05) is 29.2 Å². The minimum absolute atomic E-state index is 0.0168. The first-order valence-corrected chi connectivity index (χ1v) is 10.4. The Morgan fingerprint density at radius 2 is 1.87 bits per heavy atom. The van der Waals surface area contributed by atoms with E-state index in [9.17, 15) is 9.59 Å². The van der Waals surface area contributed by atoms with Crippen LogP contribution in [0.25, 0.3) is 0 Å². The molecule has 6 nitrogen and oxygen atoms in total. The number of benzene rings is 2. The van der Waals surface area contributed by atoms with E-state index in [1.54, 1.807) is 32.4 Å². The van der Waals surface area contributed by atoms with Crippen LogP contribution in [0.3, 0.4) is 0 Å². The maximum absolute atomic E-state index is 12.9. The molecular formula is C24H30N2O4. The lowest BCUT2D eigenvalue weighted by Gasteiger charge is -2.36. The van der Waals surface area contributed by atoms with E-state index in [2.05, 4.69) is 5.32 Å². The summed E-state index contributed by atoms with van der Waals surface area (Å²) in [7, 11) is 3.26. The number of aryl methyl sites for hydroxylation is 1. The SMILES string of the molecule is COc1ccc(CCC2CCCCN2C(=O)Nc2cccc(C(C)=O)c2)cc1OC. The van der Waals surface area contributed by atoms with Gasteiger partial charge in [-0.15, -0.1) is 0 Å². The van der Waals surface area contributed by atoms with Gasteiger partial charge in [-0.3, -0.25) is 4.79 Å². The summed E-state index contributed by atoms with van der Waals surface area (Å²) in [5.41, 5.74) is 2.40. The molecule has 2 aromatic carbocycles. The van der Waals surface area contributed by atoms with Crippen LogP contribution in [0.1, 0.15) is 48.5 Å². The van der Waals surface area contributed by atoms with Gasteiger partial charge in [-0.05, 0) is 68.9 Å². The smallest absolute Gasteiger partial charge is 0.322 e. The Hall–Kier alpha value is -3.02. The minimum Gasteiger partial charge on any atom is -0.493 e. The van der Waals surface area contributed by atoms with Gasteiger partial charge in [0, 0.05) is 23.8 Å². The second-order valence-corrected chi connectivity index (χ2v) is 7.64. The van der Waals surface area contributed by atoms with Crippen molar-refractivity contribution < 1.29 is 19.1 Å². The first kappa shape index (κ1) is 21.7. The zero-order valence-electron chi connectivity index (χ0n) is 17.9. The normalized spacial score (nSPS) is 16.1. The molecule has 0 bridgehead atoms. The second-order valence-electron chi connectivity index (χ2n) is 7.64. The standard InChI is InChI=1S/C24H30N2O4/c1-17(27)19-7-6-8-20(16-19)25-24(28)26-14-5-4-9-21(26)12-10-18-11-13-22(29-2)23(15-18)30-3/h6-8,11,13,15-16,21H,4-5,9-10,12,14H2,1-3H3,(H,25,28). The van der Waals surface area contributed by atoms with Crippen LogP contribution in [0.4, 0.5) is 10.5 Å². The van der Waals surface area contributed by atoms with Crippen LogP contribution in [0, 0.1) is 0 Å². The molecule has 3 rings (SSSR count). The monoisotopic (exact) mass is 410 g/mol. The highest BCUT2D eigenvalue weighted by Crippen LogP contribution is 2.29. The van der Waals surface area contributed by atoms with Crippen molar-refractivity contribution >= 4 is 17.5 Å². The number of hydrogen-bond donors (Lipinski definition) is 1. The number of piperidine rings is 1. The summed E-state index contributed by atoms with van der Waals surface area (Å²) in [4.78, 5) is 26.5. The Kier molecular flexibility index (Phi) is 7.33. The summed E-state index contributed by atoms with van der Waals surface area (Å²) in [6.07, 6.45) is 4.87. The Morgan fingerprint density at radius 3 is 2.60 bits per heavy atom. The number of hydrogen-bond acceptors (Lipinski definition) is 4. The average molecular weight is 411 g/mol. The third-order valence-electron chi connectivity index (χ3n) is 5.62. The number of amides is 2. The molecule has 1 heterocycles. The predicted octanol–water partition coefficient (Wildman–Crippen LogP) is 4.93. The predicted molar refractivity (Wildman–Crippen MR) is 118 cm³/mol. The Bertz CT molecular complexity index is 897. The van der Waals surface area contributed by atoms with Crippen LogP contribution in [-0.2, 0) is 6.42 Å². The lowest BCUT2D eigenvalue weighted by Crippen LogP contribution is -2.46. The maximum Gasteiger partial charge on any atom is 0.322 e. The number of ether oxygens (including phenoxy) is 2. The van der Waals surface area contributed by atoms with Crippen LogP contribution in [0.5, 0.6) is 11.5 Å². The Labute approximate surface area is 178 Å². The molecule has 0 spiro atoms. The highest BCUT2D eigenvalue weighted by atomic mass is 16.5. The zero-order valence-corrected chi connectivity index (χ0v) is 17.9. The number of anilines is 1. The molecule has 2 amide bonds. The molecule has 1 aliphatic heterocycles. The molecule has 0 aliphatic carbocycles. The van der Waals surface area contributed by atoms with Gasteiger partial charge >= 0.3 is 6.03 Å². The molecule has 0 saturated carbocycles. The summed E-state index contributed by atoms with van der Waals surface area (Å²) in [5, 5.41) is 2.97. The molecule has 1 saturated heterocycles. The van der Waals surface area contributed by atoms with Crippen molar-refractivity contribution in [1.82, 2.24) is 4.90 Å². The molecule has 1 N–H and O–H groups in total. The molecule has 1 aliphatic rings. The van der Waals surface area contributed by atoms with Crippen LogP contribution < -0.4 is 14.8 Å². The third-order valence-corrected chi connectivity index (χ3v) is 5.62. The number of urea groups is 1. The van der Waals surface area contributed by atoms with Crippen molar-refractivity contribution in [1.29, 1.82) is 0 Å². The summed E-state index contributed by atoms with van der Waals surface area (Å²) in [6, 6.07) is 13.1. The number of Topliss-reactive ketones (excluding diaryl/α,β-unsaturated/α-hetero) is 1. The lowest BCUT2D eigenvalue weighted by molar-refractivity contribution is 0.101. The van der Waals surface area contributed by atoms with E-state index >= 15 is 0 Å². The van der Waals surface area contributed by atoms with Crippen molar-refractivity contribution in [2.24, 2.45) is 0 Å². The van der Waals surface area contributed by atoms with Gasteiger partial charge in [-0.1, -0.05) is 18.2 Å². The maximum atomic E-state index is 12.9. The molecule has 30 heavy (non-hydrogen) atoms. The van der Waals surface area contributed by atoms with Gasteiger partial charge in [0.15, 0.2) is 17.3 Å². The van der Waals surface area contributed by atoms with E-state index in [0.29, 0.717) is 17.0 Å². The Morgan fingerprint density at radius 1 is 1.07 bits per heavy atom. The van der Waals surface area contributed by atoms with Crippen molar-refractivity contribution in [2.75, 3.05) is 26.1 Å². The quantitative estimate of drug-likeness (QED) is 0.658. The van der Waals surface area contributed by atoms with Gasteiger partial charge in [0.25, 0.3) is 0 Å². The zero-order chi connectivity index (χ0) is 21.5. The van der Waals surface area contributed by atoms with Crippen molar-refractivity contribution in [3.05, 3.63) is 53.6 Å². The highest BCUT2D eigenvalue weighted by Gasteiger charge is 2.26. The molecule has 6 heteroatoms. The first-order chi connectivity index (χ1) is 14.5. The van der Waals surface area contributed by atoms with Gasteiger partial charge < -0.3 is 19.7 Å². The number of likely N-dealkylation sites (tertiary alicyclic amines) is 1. The van der Waals surface area contributed by atoms with Gasteiger partial charge in [0.05, 0.1) is 14.2 Å². The van der Waals surface area contributed by atoms with E-state index in [4.69, 9.17) is 9.47 Å². The summed E-state index contributed by atoms with van der Waals surface area (Å²) < 4.78 is 10.7. The van der Waals surface area contributed by atoms with Crippen molar-refractivity contribution in [3.8, 4) is 11.5 Å². The van der Waals surface area contributed by atoms with Gasteiger partial charge in [-0.25, -0.2) is 4.79 Å². The molecule has 0 aromatic heterocycles. The number of rotatable bonds is 7. The first-order valence-electron chi connectivity index (χ1n) is 10.4. The van der Waals surface area contributed by atoms with E-state index in [-0.39, 0.29) is 17.9 Å². The Balaban J connectivity index is 1.65. The van der Waals surface area contributed by atoms with Crippen LogP contribution in [0.15, 0.2) is 42.5 Å². The molecule has 160 valence electrons. The molecule has 2 aromatic rings. The second kappa shape index (κ2) is 10.1. The minimum atomic E-state index is -0.104.